The highest BCUT2D eigenvalue weighted by Gasteiger charge is 2.16. The summed E-state index contributed by atoms with van der Waals surface area (Å²) in [6.45, 7) is 2.93. The van der Waals surface area contributed by atoms with E-state index in [0.29, 0.717) is 13.1 Å². The Morgan fingerprint density at radius 1 is 1.04 bits per heavy atom. The first kappa shape index (κ1) is 17.7. The number of benzene rings is 2. The predicted octanol–water partition coefficient (Wildman–Crippen LogP) is 2.99. The molecule has 0 aromatic heterocycles. The predicted molar refractivity (Wildman–Crippen MR) is 90.9 cm³/mol. The third kappa shape index (κ3) is 4.91. The maximum atomic E-state index is 13.6. The second-order valence-corrected chi connectivity index (χ2v) is 5.46. The van der Waals surface area contributed by atoms with Crippen LogP contribution in [-0.4, -0.2) is 29.8 Å². The van der Waals surface area contributed by atoms with E-state index >= 15 is 0 Å². The Kier molecular flexibility index (Phi) is 6.49. The molecular formula is C19H21FN2O2. The third-order valence-corrected chi connectivity index (χ3v) is 3.58. The first-order valence-corrected chi connectivity index (χ1v) is 7.96. The molecule has 0 radical (unpaired) electrons. The number of nitrogens with one attached hydrogen (secondary N) is 1. The summed E-state index contributed by atoms with van der Waals surface area (Å²) in [5.41, 5.74) is 0.968. The van der Waals surface area contributed by atoms with Crippen LogP contribution in [0, 0.1) is 5.82 Å². The minimum absolute atomic E-state index is 0.0598. The van der Waals surface area contributed by atoms with Gasteiger partial charge in [0.15, 0.2) is 0 Å². The molecule has 2 aromatic rings. The van der Waals surface area contributed by atoms with Crippen molar-refractivity contribution in [2.45, 2.75) is 19.9 Å². The monoisotopic (exact) mass is 328 g/mol. The van der Waals surface area contributed by atoms with Crippen LogP contribution < -0.4 is 5.32 Å². The summed E-state index contributed by atoms with van der Waals surface area (Å²) in [5, 5.41) is 2.49. The fourth-order valence-electron chi connectivity index (χ4n) is 2.37. The SMILES string of the molecule is CCCN(Cc1ccccc1)C(=O)CNC(=O)c1ccccc1F. The van der Waals surface area contributed by atoms with E-state index in [0.717, 1.165) is 12.0 Å². The number of hydrogen-bond acceptors (Lipinski definition) is 2. The summed E-state index contributed by atoms with van der Waals surface area (Å²) in [6, 6.07) is 15.4. The third-order valence-electron chi connectivity index (χ3n) is 3.58. The molecule has 0 fully saturated rings. The van der Waals surface area contributed by atoms with Crippen molar-refractivity contribution in [2.24, 2.45) is 0 Å². The van der Waals surface area contributed by atoms with Gasteiger partial charge in [0.1, 0.15) is 5.82 Å². The molecule has 0 spiro atoms. The smallest absolute Gasteiger partial charge is 0.254 e. The summed E-state index contributed by atoms with van der Waals surface area (Å²) < 4.78 is 13.6. The van der Waals surface area contributed by atoms with Gasteiger partial charge in [-0.1, -0.05) is 49.4 Å². The highest BCUT2D eigenvalue weighted by atomic mass is 19.1. The molecule has 1 N–H and O–H groups in total. The van der Waals surface area contributed by atoms with Crippen molar-refractivity contribution in [3.8, 4) is 0 Å². The van der Waals surface area contributed by atoms with Crippen LogP contribution >= 0.6 is 0 Å². The van der Waals surface area contributed by atoms with Crippen LogP contribution in [0.1, 0.15) is 29.3 Å². The van der Waals surface area contributed by atoms with E-state index in [1.54, 1.807) is 11.0 Å². The number of carbonyl (C=O) groups is 2. The number of carbonyl (C=O) groups excluding carboxylic acids is 2. The van der Waals surface area contributed by atoms with E-state index in [1.807, 2.05) is 37.3 Å². The number of nitrogens with zero attached hydrogens (tertiary/aromatic N) is 1. The quantitative estimate of drug-likeness (QED) is 0.849. The second-order valence-electron chi connectivity index (χ2n) is 5.46. The lowest BCUT2D eigenvalue weighted by atomic mass is 10.2. The van der Waals surface area contributed by atoms with Crippen LogP contribution in [0.15, 0.2) is 54.6 Å². The van der Waals surface area contributed by atoms with Crippen molar-refractivity contribution < 1.29 is 14.0 Å². The zero-order valence-electron chi connectivity index (χ0n) is 13.7. The van der Waals surface area contributed by atoms with Gasteiger partial charge < -0.3 is 10.2 Å². The lowest BCUT2D eigenvalue weighted by Gasteiger charge is -2.22. The standard InChI is InChI=1S/C19H21FN2O2/c1-2-12-22(14-15-8-4-3-5-9-15)18(23)13-21-19(24)16-10-6-7-11-17(16)20/h3-11H,2,12-14H2,1H3,(H,21,24). The molecule has 2 aromatic carbocycles. The van der Waals surface area contributed by atoms with Gasteiger partial charge in [0.2, 0.25) is 5.91 Å². The van der Waals surface area contributed by atoms with Crippen LogP contribution in [0.25, 0.3) is 0 Å². The topological polar surface area (TPSA) is 49.4 Å². The fourth-order valence-corrected chi connectivity index (χ4v) is 2.37. The summed E-state index contributed by atoms with van der Waals surface area (Å²) in [5.74, 6) is -1.37. The van der Waals surface area contributed by atoms with E-state index in [4.69, 9.17) is 0 Å². The fraction of sp³-hybridized carbons (Fsp3) is 0.263. The zero-order chi connectivity index (χ0) is 17.4. The van der Waals surface area contributed by atoms with Crippen molar-refractivity contribution in [1.82, 2.24) is 10.2 Å². The molecule has 0 unspecified atom stereocenters. The first-order valence-electron chi connectivity index (χ1n) is 7.96. The largest absolute Gasteiger partial charge is 0.343 e. The summed E-state index contributed by atoms with van der Waals surface area (Å²) in [7, 11) is 0. The van der Waals surface area contributed by atoms with E-state index in [2.05, 4.69) is 5.32 Å². The number of rotatable bonds is 7. The Bertz CT molecular complexity index is 689. The highest BCUT2D eigenvalue weighted by molar-refractivity contribution is 5.96. The Morgan fingerprint density at radius 2 is 1.71 bits per heavy atom. The van der Waals surface area contributed by atoms with Gasteiger partial charge in [-0.3, -0.25) is 9.59 Å². The molecule has 0 aliphatic rings. The molecule has 126 valence electrons. The molecule has 0 saturated heterocycles. The maximum Gasteiger partial charge on any atom is 0.254 e. The molecule has 4 nitrogen and oxygen atoms in total. The van der Waals surface area contributed by atoms with Gasteiger partial charge in [0.05, 0.1) is 12.1 Å². The van der Waals surface area contributed by atoms with Gasteiger partial charge in [-0.05, 0) is 24.1 Å². The molecule has 0 bridgehead atoms. The minimum Gasteiger partial charge on any atom is -0.343 e. The zero-order valence-corrected chi connectivity index (χ0v) is 13.7. The Balaban J connectivity index is 1.95. The second kappa shape index (κ2) is 8.82. The van der Waals surface area contributed by atoms with E-state index in [1.165, 1.54) is 18.2 Å². The number of amides is 2. The maximum absolute atomic E-state index is 13.6. The van der Waals surface area contributed by atoms with Gasteiger partial charge in [0, 0.05) is 13.1 Å². The van der Waals surface area contributed by atoms with Crippen LogP contribution in [0.2, 0.25) is 0 Å². The molecule has 2 rings (SSSR count). The average Bonchev–Trinajstić information content (AvgIpc) is 2.60. The van der Waals surface area contributed by atoms with Gasteiger partial charge in [-0.25, -0.2) is 4.39 Å². The molecule has 24 heavy (non-hydrogen) atoms. The molecular weight excluding hydrogens is 307 g/mol. The van der Waals surface area contributed by atoms with Crippen molar-refractivity contribution in [3.05, 3.63) is 71.5 Å². The van der Waals surface area contributed by atoms with Crippen LogP contribution in [0.5, 0.6) is 0 Å². The minimum atomic E-state index is -0.600. The van der Waals surface area contributed by atoms with Crippen LogP contribution in [0.4, 0.5) is 4.39 Å². The van der Waals surface area contributed by atoms with Gasteiger partial charge in [0.25, 0.3) is 5.91 Å². The summed E-state index contributed by atoms with van der Waals surface area (Å²) >= 11 is 0. The molecule has 0 atom stereocenters. The van der Waals surface area contributed by atoms with Gasteiger partial charge >= 0.3 is 0 Å². The molecule has 0 saturated carbocycles. The highest BCUT2D eigenvalue weighted by Crippen LogP contribution is 2.07. The Hall–Kier alpha value is -2.69. The normalized spacial score (nSPS) is 10.2. The lowest BCUT2D eigenvalue weighted by molar-refractivity contribution is -0.130. The molecule has 2 amide bonds. The van der Waals surface area contributed by atoms with Gasteiger partial charge in [-0.2, -0.15) is 0 Å². The average molecular weight is 328 g/mol. The van der Waals surface area contributed by atoms with E-state index < -0.39 is 11.7 Å². The van der Waals surface area contributed by atoms with Crippen molar-refractivity contribution in [2.75, 3.05) is 13.1 Å². The summed E-state index contributed by atoms with van der Waals surface area (Å²) in [6.07, 6.45) is 0.819. The molecule has 0 aliphatic carbocycles. The number of halogens is 1. The van der Waals surface area contributed by atoms with E-state index in [-0.39, 0.29) is 18.0 Å². The molecule has 0 aliphatic heterocycles. The lowest BCUT2D eigenvalue weighted by Crippen LogP contribution is -2.40. The molecule has 5 heteroatoms. The van der Waals surface area contributed by atoms with Gasteiger partial charge in [-0.15, -0.1) is 0 Å². The first-order chi connectivity index (χ1) is 11.6. The number of hydrogen-bond donors (Lipinski definition) is 1. The van der Waals surface area contributed by atoms with Crippen molar-refractivity contribution >= 4 is 11.8 Å². The molecule has 0 heterocycles. The Morgan fingerprint density at radius 3 is 2.38 bits per heavy atom. The van der Waals surface area contributed by atoms with Crippen LogP contribution in [0.3, 0.4) is 0 Å². The van der Waals surface area contributed by atoms with Crippen molar-refractivity contribution in [1.29, 1.82) is 0 Å². The van der Waals surface area contributed by atoms with E-state index in [9.17, 15) is 14.0 Å². The van der Waals surface area contributed by atoms with Crippen molar-refractivity contribution in [3.63, 3.8) is 0 Å². The Labute approximate surface area is 141 Å². The summed E-state index contributed by atoms with van der Waals surface area (Å²) in [4.78, 5) is 26.1. The van der Waals surface area contributed by atoms with Crippen LogP contribution in [-0.2, 0) is 11.3 Å².